The van der Waals surface area contributed by atoms with E-state index in [1.54, 1.807) is 4.90 Å². The summed E-state index contributed by atoms with van der Waals surface area (Å²) in [6.07, 6.45) is 4.39. The Hall–Kier alpha value is -2.14. The first kappa shape index (κ1) is 15.4. The topological polar surface area (TPSA) is 66.1 Å². The molecule has 0 radical (unpaired) electrons. The largest absolute Gasteiger partial charge is 0.338 e. The van der Waals surface area contributed by atoms with Crippen LogP contribution in [-0.4, -0.2) is 33.9 Å². The Morgan fingerprint density at radius 3 is 2.71 bits per heavy atom. The van der Waals surface area contributed by atoms with Crippen molar-refractivity contribution in [1.29, 1.82) is 0 Å². The zero-order valence-electron chi connectivity index (χ0n) is 13.2. The molecule has 124 valence electrons. The lowest BCUT2D eigenvalue weighted by molar-refractivity contribution is 0.0788. The van der Waals surface area contributed by atoms with Crippen LogP contribution in [-0.2, 0) is 0 Å². The summed E-state index contributed by atoms with van der Waals surface area (Å²) in [5.74, 6) is 1.02. The van der Waals surface area contributed by atoms with Gasteiger partial charge in [0.25, 0.3) is 11.5 Å². The fourth-order valence-electron chi connectivity index (χ4n) is 3.30. The molecule has 6 heteroatoms. The van der Waals surface area contributed by atoms with Gasteiger partial charge in [-0.05, 0) is 30.9 Å². The molecule has 24 heavy (non-hydrogen) atoms. The maximum Gasteiger partial charge on any atom is 0.263 e. The van der Waals surface area contributed by atoms with Crippen LogP contribution >= 0.6 is 11.6 Å². The number of rotatable bonds is 3. The molecule has 4 rings (SSSR count). The molecule has 0 unspecified atom stereocenters. The Bertz CT molecular complexity index is 844. The Balaban J connectivity index is 1.52. The van der Waals surface area contributed by atoms with Crippen LogP contribution in [0.3, 0.4) is 0 Å². The predicted octanol–water partition coefficient (Wildman–Crippen LogP) is 2.93. The molecule has 0 bridgehead atoms. The molecule has 1 aromatic carbocycles. The average Bonchev–Trinajstić information content (AvgIpc) is 3.32. The number of halogens is 1. The number of aromatic nitrogens is 2. The van der Waals surface area contributed by atoms with E-state index in [0.29, 0.717) is 24.8 Å². The maximum atomic E-state index is 12.7. The number of hydrogen-bond donors (Lipinski definition) is 1. The van der Waals surface area contributed by atoms with Crippen LogP contribution in [0.5, 0.6) is 0 Å². The molecule has 2 fully saturated rings. The average molecular weight is 344 g/mol. The van der Waals surface area contributed by atoms with Crippen LogP contribution in [0.4, 0.5) is 0 Å². The lowest BCUT2D eigenvalue weighted by Gasteiger charge is -2.17. The van der Waals surface area contributed by atoms with Crippen molar-refractivity contribution in [2.24, 2.45) is 0 Å². The summed E-state index contributed by atoms with van der Waals surface area (Å²) in [5.41, 5.74) is 0.850. The SMILES string of the molecule is O=C(c1cnc(C2CC2)[nH]c1=O)N1CC[C@H](c2ccccc2Cl)C1. The highest BCUT2D eigenvalue weighted by Gasteiger charge is 2.31. The Labute approximate surface area is 144 Å². The number of likely N-dealkylation sites (tertiary alicyclic amines) is 1. The van der Waals surface area contributed by atoms with E-state index >= 15 is 0 Å². The Kier molecular flexibility index (Phi) is 3.88. The maximum absolute atomic E-state index is 12.7. The fraction of sp³-hybridized carbons (Fsp3) is 0.389. The van der Waals surface area contributed by atoms with Crippen molar-refractivity contribution in [3.63, 3.8) is 0 Å². The number of nitrogens with one attached hydrogen (secondary N) is 1. The van der Waals surface area contributed by atoms with Gasteiger partial charge in [0.2, 0.25) is 0 Å². The van der Waals surface area contributed by atoms with Crippen molar-refractivity contribution in [3.05, 3.63) is 62.8 Å². The molecule has 1 saturated heterocycles. The number of carbonyl (C=O) groups is 1. The number of aromatic amines is 1. The second-order valence-corrected chi connectivity index (χ2v) is 6.95. The summed E-state index contributed by atoms with van der Waals surface area (Å²) >= 11 is 6.26. The van der Waals surface area contributed by atoms with E-state index in [2.05, 4.69) is 9.97 Å². The molecule has 1 atom stereocenters. The van der Waals surface area contributed by atoms with Crippen molar-refractivity contribution >= 4 is 17.5 Å². The van der Waals surface area contributed by atoms with Gasteiger partial charge in [-0.25, -0.2) is 4.98 Å². The van der Waals surface area contributed by atoms with E-state index in [1.165, 1.54) is 6.20 Å². The molecular weight excluding hydrogens is 326 g/mol. The van der Waals surface area contributed by atoms with E-state index in [4.69, 9.17) is 11.6 Å². The lowest BCUT2D eigenvalue weighted by atomic mass is 9.98. The third-order valence-electron chi connectivity index (χ3n) is 4.83. The van der Waals surface area contributed by atoms with Crippen LogP contribution in [0.25, 0.3) is 0 Å². The van der Waals surface area contributed by atoms with Gasteiger partial charge in [0, 0.05) is 36.1 Å². The van der Waals surface area contributed by atoms with E-state index < -0.39 is 0 Å². The standard InChI is InChI=1S/C18H18ClN3O2/c19-15-4-2-1-3-13(15)12-7-8-22(10-12)18(24)14-9-20-16(11-5-6-11)21-17(14)23/h1-4,9,11-12H,5-8,10H2,(H,20,21,23)/t12-/m0/s1. The van der Waals surface area contributed by atoms with Crippen molar-refractivity contribution in [2.45, 2.75) is 31.1 Å². The third-order valence-corrected chi connectivity index (χ3v) is 5.18. The van der Waals surface area contributed by atoms with E-state index in [0.717, 1.165) is 29.8 Å². The molecular formula is C18H18ClN3O2. The highest BCUT2D eigenvalue weighted by Crippen LogP contribution is 2.37. The molecule has 1 aliphatic carbocycles. The summed E-state index contributed by atoms with van der Waals surface area (Å²) in [7, 11) is 0. The minimum absolute atomic E-state index is 0.124. The number of H-pyrrole nitrogens is 1. The number of benzene rings is 1. The van der Waals surface area contributed by atoms with E-state index in [-0.39, 0.29) is 22.9 Å². The second-order valence-electron chi connectivity index (χ2n) is 6.54. The van der Waals surface area contributed by atoms with E-state index in [1.807, 2.05) is 24.3 Å². The molecule has 1 amide bonds. The Morgan fingerprint density at radius 2 is 2.00 bits per heavy atom. The molecule has 2 aromatic rings. The summed E-state index contributed by atoms with van der Waals surface area (Å²) in [5, 5.41) is 0.727. The van der Waals surface area contributed by atoms with Crippen LogP contribution in [0.1, 0.15) is 52.8 Å². The van der Waals surface area contributed by atoms with E-state index in [9.17, 15) is 9.59 Å². The van der Waals surface area contributed by atoms with Crippen LogP contribution in [0.15, 0.2) is 35.3 Å². The third kappa shape index (κ3) is 2.84. The van der Waals surface area contributed by atoms with Gasteiger partial charge in [0.1, 0.15) is 11.4 Å². The lowest BCUT2D eigenvalue weighted by Crippen LogP contribution is -2.33. The summed E-state index contributed by atoms with van der Waals surface area (Å²) < 4.78 is 0. The molecule has 5 nitrogen and oxygen atoms in total. The molecule has 2 aliphatic rings. The molecule has 1 N–H and O–H groups in total. The number of hydrogen-bond acceptors (Lipinski definition) is 3. The van der Waals surface area contributed by atoms with Crippen molar-refractivity contribution in [3.8, 4) is 0 Å². The van der Waals surface area contributed by atoms with Crippen molar-refractivity contribution < 1.29 is 4.79 Å². The first-order valence-corrected chi connectivity index (χ1v) is 8.64. The zero-order valence-corrected chi connectivity index (χ0v) is 13.9. The summed E-state index contributed by atoms with van der Waals surface area (Å²) in [4.78, 5) is 33.6. The molecule has 0 spiro atoms. The van der Waals surface area contributed by atoms with Gasteiger partial charge in [0.15, 0.2) is 0 Å². The van der Waals surface area contributed by atoms with Crippen LogP contribution in [0.2, 0.25) is 5.02 Å². The molecule has 1 aliphatic heterocycles. The van der Waals surface area contributed by atoms with Gasteiger partial charge in [0.05, 0.1) is 0 Å². The quantitative estimate of drug-likeness (QED) is 0.931. The van der Waals surface area contributed by atoms with Crippen molar-refractivity contribution in [1.82, 2.24) is 14.9 Å². The number of amides is 1. The van der Waals surface area contributed by atoms with Gasteiger partial charge in [-0.3, -0.25) is 9.59 Å². The summed E-state index contributed by atoms with van der Waals surface area (Å²) in [6.45, 7) is 1.20. The van der Waals surface area contributed by atoms with Gasteiger partial charge in [-0.1, -0.05) is 29.8 Å². The predicted molar refractivity (Wildman–Crippen MR) is 91.5 cm³/mol. The highest BCUT2D eigenvalue weighted by atomic mass is 35.5. The van der Waals surface area contributed by atoms with Gasteiger partial charge < -0.3 is 9.88 Å². The number of nitrogens with zero attached hydrogens (tertiary/aromatic N) is 2. The minimum Gasteiger partial charge on any atom is -0.338 e. The Morgan fingerprint density at radius 1 is 1.21 bits per heavy atom. The van der Waals surface area contributed by atoms with Gasteiger partial charge in [-0.15, -0.1) is 0 Å². The first-order chi connectivity index (χ1) is 11.6. The fourth-order valence-corrected chi connectivity index (χ4v) is 3.59. The summed E-state index contributed by atoms with van der Waals surface area (Å²) in [6, 6.07) is 7.72. The smallest absolute Gasteiger partial charge is 0.263 e. The highest BCUT2D eigenvalue weighted by molar-refractivity contribution is 6.31. The zero-order chi connectivity index (χ0) is 16.7. The monoisotopic (exact) mass is 343 g/mol. The van der Waals surface area contributed by atoms with Crippen molar-refractivity contribution in [2.75, 3.05) is 13.1 Å². The van der Waals surface area contributed by atoms with Gasteiger partial charge in [-0.2, -0.15) is 0 Å². The first-order valence-electron chi connectivity index (χ1n) is 8.26. The molecule has 1 aromatic heterocycles. The second kappa shape index (κ2) is 6.06. The van der Waals surface area contributed by atoms with Crippen LogP contribution < -0.4 is 5.56 Å². The van der Waals surface area contributed by atoms with Gasteiger partial charge >= 0.3 is 0 Å². The molecule has 1 saturated carbocycles. The normalized spacial score (nSPS) is 20.4. The van der Waals surface area contributed by atoms with Crippen LogP contribution in [0, 0.1) is 0 Å². The molecule has 2 heterocycles. The minimum atomic E-state index is -0.335. The number of carbonyl (C=O) groups excluding carboxylic acids is 1.